The van der Waals surface area contributed by atoms with Crippen molar-refractivity contribution >= 4 is 12.0 Å². The van der Waals surface area contributed by atoms with Crippen molar-refractivity contribution in [2.24, 2.45) is 5.92 Å². The molecule has 2 amide bonds. The molecule has 5 heteroatoms. The molecule has 0 saturated carbocycles. The van der Waals surface area contributed by atoms with Gasteiger partial charge in [-0.2, -0.15) is 0 Å². The third-order valence-corrected chi connectivity index (χ3v) is 3.58. The maximum Gasteiger partial charge on any atom is 0.409 e. The van der Waals surface area contributed by atoms with Crippen LogP contribution in [0, 0.1) is 5.92 Å². The van der Waals surface area contributed by atoms with Gasteiger partial charge in [0.25, 0.3) is 0 Å². The molecular formula is C13H24N2O3. The number of methoxy groups -OCH3 is 1. The van der Waals surface area contributed by atoms with Gasteiger partial charge in [0.15, 0.2) is 0 Å². The second-order valence-electron chi connectivity index (χ2n) is 4.65. The number of hydrogen-bond donors (Lipinski definition) is 0. The lowest BCUT2D eigenvalue weighted by atomic mass is 10.0. The summed E-state index contributed by atoms with van der Waals surface area (Å²) in [5.74, 6) is 0.349. The molecule has 1 fully saturated rings. The van der Waals surface area contributed by atoms with Crippen molar-refractivity contribution < 1.29 is 14.3 Å². The van der Waals surface area contributed by atoms with Gasteiger partial charge in [0.1, 0.15) is 0 Å². The fourth-order valence-electron chi connectivity index (χ4n) is 2.35. The van der Waals surface area contributed by atoms with Gasteiger partial charge < -0.3 is 14.5 Å². The molecular weight excluding hydrogens is 232 g/mol. The quantitative estimate of drug-likeness (QED) is 0.772. The molecule has 0 aliphatic carbocycles. The topological polar surface area (TPSA) is 49.9 Å². The molecule has 1 aliphatic rings. The van der Waals surface area contributed by atoms with Gasteiger partial charge >= 0.3 is 6.09 Å². The van der Waals surface area contributed by atoms with E-state index in [-0.39, 0.29) is 17.9 Å². The molecule has 0 N–H and O–H groups in total. The van der Waals surface area contributed by atoms with E-state index in [4.69, 9.17) is 4.74 Å². The van der Waals surface area contributed by atoms with Gasteiger partial charge in [-0.15, -0.1) is 0 Å². The molecule has 1 aliphatic heterocycles. The monoisotopic (exact) mass is 256 g/mol. The highest BCUT2D eigenvalue weighted by atomic mass is 16.5. The van der Waals surface area contributed by atoms with E-state index in [9.17, 15) is 9.59 Å². The SMILES string of the molecule is CCC(CC)C(=O)N1CCCN(C(=O)OC)CC1. The van der Waals surface area contributed by atoms with Gasteiger partial charge in [-0.3, -0.25) is 4.79 Å². The summed E-state index contributed by atoms with van der Waals surface area (Å²) in [7, 11) is 1.39. The van der Waals surface area contributed by atoms with Crippen molar-refractivity contribution in [2.75, 3.05) is 33.3 Å². The molecule has 0 radical (unpaired) electrons. The Hall–Kier alpha value is -1.26. The normalized spacial score (nSPS) is 16.7. The van der Waals surface area contributed by atoms with Crippen LogP contribution < -0.4 is 0 Å². The van der Waals surface area contributed by atoms with Crippen LogP contribution >= 0.6 is 0 Å². The number of amides is 2. The van der Waals surface area contributed by atoms with Crippen LogP contribution in [0.25, 0.3) is 0 Å². The van der Waals surface area contributed by atoms with Crippen molar-refractivity contribution in [1.82, 2.24) is 9.80 Å². The Kier molecular flexibility index (Phi) is 5.95. The predicted octanol–water partition coefficient (Wildman–Crippen LogP) is 1.72. The van der Waals surface area contributed by atoms with E-state index in [1.807, 2.05) is 18.7 Å². The van der Waals surface area contributed by atoms with Crippen LogP contribution in [0.3, 0.4) is 0 Å². The lowest BCUT2D eigenvalue weighted by molar-refractivity contribution is -0.135. The molecule has 0 unspecified atom stereocenters. The summed E-state index contributed by atoms with van der Waals surface area (Å²) >= 11 is 0. The largest absolute Gasteiger partial charge is 0.453 e. The molecule has 1 heterocycles. The summed E-state index contributed by atoms with van der Waals surface area (Å²) in [4.78, 5) is 27.2. The molecule has 0 bridgehead atoms. The van der Waals surface area contributed by atoms with Crippen molar-refractivity contribution in [2.45, 2.75) is 33.1 Å². The van der Waals surface area contributed by atoms with Crippen LogP contribution in [0.4, 0.5) is 4.79 Å². The van der Waals surface area contributed by atoms with Crippen LogP contribution in [0.15, 0.2) is 0 Å². The molecule has 0 atom stereocenters. The summed E-state index contributed by atoms with van der Waals surface area (Å²) < 4.78 is 4.71. The Morgan fingerprint density at radius 2 is 1.61 bits per heavy atom. The first kappa shape index (κ1) is 14.8. The van der Waals surface area contributed by atoms with Crippen LogP contribution in [0.5, 0.6) is 0 Å². The first-order valence-corrected chi connectivity index (χ1v) is 6.75. The smallest absolute Gasteiger partial charge is 0.409 e. The first-order chi connectivity index (χ1) is 8.63. The average Bonchev–Trinajstić information content (AvgIpc) is 2.64. The zero-order valence-corrected chi connectivity index (χ0v) is 11.6. The van der Waals surface area contributed by atoms with Crippen molar-refractivity contribution in [3.05, 3.63) is 0 Å². The van der Waals surface area contributed by atoms with E-state index in [1.54, 1.807) is 4.90 Å². The zero-order valence-electron chi connectivity index (χ0n) is 11.6. The minimum atomic E-state index is -0.299. The third-order valence-electron chi connectivity index (χ3n) is 3.58. The molecule has 0 aromatic heterocycles. The van der Waals surface area contributed by atoms with Crippen LogP contribution in [0.2, 0.25) is 0 Å². The molecule has 5 nitrogen and oxygen atoms in total. The number of rotatable bonds is 3. The minimum Gasteiger partial charge on any atom is -0.453 e. The molecule has 1 rings (SSSR count). The molecule has 0 aromatic rings. The maximum atomic E-state index is 12.3. The third kappa shape index (κ3) is 3.62. The number of carbonyl (C=O) groups is 2. The number of nitrogens with zero attached hydrogens (tertiary/aromatic N) is 2. The Labute approximate surface area is 109 Å². The summed E-state index contributed by atoms with van der Waals surface area (Å²) in [6.07, 6.45) is 2.28. The maximum absolute atomic E-state index is 12.3. The van der Waals surface area contributed by atoms with Gasteiger partial charge in [0, 0.05) is 32.1 Å². The summed E-state index contributed by atoms with van der Waals surface area (Å²) in [5.41, 5.74) is 0. The standard InChI is InChI=1S/C13H24N2O3/c1-4-11(5-2)12(16)14-7-6-8-15(10-9-14)13(17)18-3/h11H,4-10H2,1-3H3. The first-order valence-electron chi connectivity index (χ1n) is 6.75. The highest BCUT2D eigenvalue weighted by Gasteiger charge is 2.25. The fraction of sp³-hybridized carbons (Fsp3) is 0.846. The van der Waals surface area contributed by atoms with E-state index in [2.05, 4.69) is 0 Å². The van der Waals surface area contributed by atoms with Crippen LogP contribution in [-0.2, 0) is 9.53 Å². The van der Waals surface area contributed by atoms with Crippen LogP contribution in [-0.4, -0.2) is 55.1 Å². The highest BCUT2D eigenvalue weighted by molar-refractivity contribution is 5.79. The predicted molar refractivity (Wildman–Crippen MR) is 69.2 cm³/mol. The zero-order chi connectivity index (χ0) is 13.5. The molecule has 1 saturated heterocycles. The lowest BCUT2D eigenvalue weighted by Gasteiger charge is -2.25. The van der Waals surface area contributed by atoms with Gasteiger partial charge in [0.2, 0.25) is 5.91 Å². The van der Waals surface area contributed by atoms with Gasteiger partial charge in [-0.1, -0.05) is 13.8 Å². The highest BCUT2D eigenvalue weighted by Crippen LogP contribution is 2.14. The summed E-state index contributed by atoms with van der Waals surface area (Å²) in [6, 6.07) is 0. The average molecular weight is 256 g/mol. The van der Waals surface area contributed by atoms with E-state index >= 15 is 0 Å². The summed E-state index contributed by atoms with van der Waals surface area (Å²) in [5, 5.41) is 0. The van der Waals surface area contributed by atoms with E-state index in [0.29, 0.717) is 19.6 Å². The van der Waals surface area contributed by atoms with E-state index in [1.165, 1.54) is 7.11 Å². The van der Waals surface area contributed by atoms with Crippen molar-refractivity contribution in [3.8, 4) is 0 Å². The number of hydrogen-bond acceptors (Lipinski definition) is 3. The molecule has 104 valence electrons. The van der Waals surface area contributed by atoms with Crippen molar-refractivity contribution in [1.29, 1.82) is 0 Å². The van der Waals surface area contributed by atoms with E-state index < -0.39 is 0 Å². The Morgan fingerprint density at radius 3 is 2.17 bits per heavy atom. The van der Waals surface area contributed by atoms with Gasteiger partial charge in [-0.05, 0) is 19.3 Å². The second kappa shape index (κ2) is 7.24. The molecule has 0 aromatic carbocycles. The fourth-order valence-corrected chi connectivity index (χ4v) is 2.35. The Bertz CT molecular complexity index is 290. The second-order valence-corrected chi connectivity index (χ2v) is 4.65. The summed E-state index contributed by atoms with van der Waals surface area (Å²) in [6.45, 7) is 6.68. The van der Waals surface area contributed by atoms with Crippen molar-refractivity contribution in [3.63, 3.8) is 0 Å². The number of carbonyl (C=O) groups excluding carboxylic acids is 2. The van der Waals surface area contributed by atoms with Gasteiger partial charge in [0.05, 0.1) is 7.11 Å². The number of ether oxygens (including phenoxy) is 1. The molecule has 0 spiro atoms. The minimum absolute atomic E-state index is 0.120. The Morgan fingerprint density at radius 1 is 1.06 bits per heavy atom. The Balaban J connectivity index is 2.56. The molecule has 18 heavy (non-hydrogen) atoms. The van der Waals surface area contributed by atoms with Crippen LogP contribution in [0.1, 0.15) is 33.1 Å². The van der Waals surface area contributed by atoms with E-state index in [0.717, 1.165) is 25.8 Å². The van der Waals surface area contributed by atoms with Gasteiger partial charge in [-0.25, -0.2) is 4.79 Å². The lowest BCUT2D eigenvalue weighted by Crippen LogP contribution is -2.39.